The van der Waals surface area contributed by atoms with E-state index in [-0.39, 0.29) is 17.7 Å². The maximum Gasteiger partial charge on any atom is 0.262 e. The van der Waals surface area contributed by atoms with Crippen LogP contribution in [0.1, 0.15) is 53.9 Å². The van der Waals surface area contributed by atoms with Gasteiger partial charge in [0.2, 0.25) is 5.91 Å². The minimum absolute atomic E-state index is 0.245. The molecule has 2 amide bonds. The Morgan fingerprint density at radius 2 is 2.09 bits per heavy atom. The van der Waals surface area contributed by atoms with E-state index in [2.05, 4.69) is 20.2 Å². The Morgan fingerprint density at radius 1 is 1.35 bits per heavy atom. The molecule has 0 fully saturated rings. The molecule has 2 heterocycles. The van der Waals surface area contributed by atoms with Crippen molar-refractivity contribution in [1.29, 1.82) is 0 Å². The molecule has 2 rings (SSSR count). The van der Waals surface area contributed by atoms with Crippen LogP contribution in [-0.2, 0) is 11.3 Å². The maximum atomic E-state index is 12.4. The lowest BCUT2D eigenvalue weighted by atomic mass is 10.0. The second-order valence-electron chi connectivity index (χ2n) is 5.98. The Balaban J connectivity index is 1.96. The summed E-state index contributed by atoms with van der Waals surface area (Å²) in [7, 11) is 0. The molecule has 0 aliphatic rings. The van der Waals surface area contributed by atoms with Gasteiger partial charge < -0.3 is 10.6 Å². The van der Waals surface area contributed by atoms with Crippen LogP contribution in [0, 0.1) is 0 Å². The summed E-state index contributed by atoms with van der Waals surface area (Å²) in [5.41, 5.74) is -0.104. The molecule has 0 aliphatic heterocycles. The van der Waals surface area contributed by atoms with Crippen LogP contribution in [0.4, 0.5) is 0 Å². The van der Waals surface area contributed by atoms with Crippen molar-refractivity contribution in [1.82, 2.24) is 20.2 Å². The number of hydrogen-bond acceptors (Lipinski definition) is 6. The lowest BCUT2D eigenvalue weighted by molar-refractivity contribution is -0.126. The molecule has 6 nitrogen and oxygen atoms in total. The van der Waals surface area contributed by atoms with E-state index in [0.29, 0.717) is 11.4 Å². The third-order valence-electron chi connectivity index (χ3n) is 3.28. The zero-order valence-corrected chi connectivity index (χ0v) is 15.2. The van der Waals surface area contributed by atoms with Gasteiger partial charge in [0.25, 0.3) is 5.91 Å². The molecule has 0 atom stereocenters. The number of carbonyl (C=O) groups excluding carboxylic acids is 2. The monoisotopic (exact) mass is 352 g/mol. The maximum absolute atomic E-state index is 12.4. The molecule has 0 spiro atoms. The van der Waals surface area contributed by atoms with Crippen LogP contribution in [0.15, 0.2) is 17.5 Å². The highest BCUT2D eigenvalue weighted by Crippen LogP contribution is 2.19. The van der Waals surface area contributed by atoms with E-state index in [1.165, 1.54) is 22.9 Å². The van der Waals surface area contributed by atoms with E-state index >= 15 is 0 Å². The molecule has 0 saturated heterocycles. The van der Waals surface area contributed by atoms with Crippen LogP contribution >= 0.6 is 22.9 Å². The van der Waals surface area contributed by atoms with Crippen molar-refractivity contribution in [2.45, 2.75) is 45.7 Å². The molecule has 8 heteroatoms. The molecule has 2 aromatic heterocycles. The van der Waals surface area contributed by atoms with Gasteiger partial charge in [-0.2, -0.15) is 0 Å². The summed E-state index contributed by atoms with van der Waals surface area (Å²) < 4.78 is 3.94. The van der Waals surface area contributed by atoms with Crippen LogP contribution in [0.3, 0.4) is 0 Å². The van der Waals surface area contributed by atoms with Gasteiger partial charge in [0, 0.05) is 0 Å². The van der Waals surface area contributed by atoms with E-state index in [4.69, 9.17) is 0 Å². The summed E-state index contributed by atoms with van der Waals surface area (Å²) in [6.45, 7) is 7.80. The van der Waals surface area contributed by atoms with Crippen LogP contribution in [-0.4, -0.2) is 26.9 Å². The number of thiophene rings is 1. The molecule has 0 radical (unpaired) electrons. The first-order chi connectivity index (χ1) is 10.8. The Bertz CT molecular complexity index is 677. The van der Waals surface area contributed by atoms with Crippen molar-refractivity contribution in [3.05, 3.63) is 33.0 Å². The highest BCUT2D eigenvalue weighted by Gasteiger charge is 2.30. The van der Waals surface area contributed by atoms with Crippen molar-refractivity contribution < 1.29 is 9.59 Å². The minimum Gasteiger partial charge on any atom is -0.349 e. The molecule has 0 bridgehead atoms. The van der Waals surface area contributed by atoms with E-state index in [1.54, 1.807) is 26.0 Å². The van der Waals surface area contributed by atoms with Crippen LogP contribution in [0.5, 0.6) is 0 Å². The largest absolute Gasteiger partial charge is 0.349 e. The summed E-state index contributed by atoms with van der Waals surface area (Å²) >= 11 is 2.62. The molecule has 0 unspecified atom stereocenters. The van der Waals surface area contributed by atoms with Gasteiger partial charge in [-0.05, 0) is 42.7 Å². The van der Waals surface area contributed by atoms with Gasteiger partial charge in [0.05, 0.1) is 22.0 Å². The van der Waals surface area contributed by atoms with Gasteiger partial charge in [-0.1, -0.05) is 24.4 Å². The third kappa shape index (κ3) is 4.35. The second kappa shape index (κ2) is 7.18. The van der Waals surface area contributed by atoms with Crippen molar-refractivity contribution in [2.75, 3.05) is 0 Å². The minimum atomic E-state index is -1.00. The fraction of sp³-hybridized carbons (Fsp3) is 0.467. The first-order valence-corrected chi connectivity index (χ1v) is 8.92. The van der Waals surface area contributed by atoms with Crippen LogP contribution in [0.25, 0.3) is 0 Å². The zero-order chi connectivity index (χ0) is 17.0. The number of aromatic nitrogens is 2. The van der Waals surface area contributed by atoms with Crippen LogP contribution in [0.2, 0.25) is 0 Å². The normalized spacial score (nSPS) is 11.5. The Kier molecular flexibility index (Phi) is 5.48. The lowest BCUT2D eigenvalue weighted by Crippen LogP contribution is -2.54. The average molecular weight is 352 g/mol. The molecule has 2 aromatic rings. The summed E-state index contributed by atoms with van der Waals surface area (Å²) in [6, 6.07) is 3.53. The SMILES string of the molecule is CC(C)c1nnsc1CNC(=O)C(C)(C)NC(=O)c1cccs1. The van der Waals surface area contributed by atoms with E-state index in [1.807, 2.05) is 19.2 Å². The second-order valence-corrected chi connectivity index (χ2v) is 7.76. The standard InChI is InChI=1S/C15H20N4O2S2/c1-9(2)12-11(23-19-18-12)8-16-14(21)15(3,4)17-13(20)10-6-5-7-22-10/h5-7,9H,8H2,1-4H3,(H,16,21)(H,17,20). The van der Waals surface area contributed by atoms with Gasteiger partial charge in [-0.3, -0.25) is 9.59 Å². The van der Waals surface area contributed by atoms with Crippen LogP contribution < -0.4 is 10.6 Å². The number of nitrogens with zero attached hydrogens (tertiary/aromatic N) is 2. The first-order valence-electron chi connectivity index (χ1n) is 7.26. The van der Waals surface area contributed by atoms with Gasteiger partial charge >= 0.3 is 0 Å². The summed E-state index contributed by atoms with van der Waals surface area (Å²) in [5, 5.41) is 11.5. The lowest BCUT2D eigenvalue weighted by Gasteiger charge is -2.24. The molecule has 0 aliphatic carbocycles. The highest BCUT2D eigenvalue weighted by atomic mass is 32.1. The smallest absolute Gasteiger partial charge is 0.262 e. The summed E-state index contributed by atoms with van der Waals surface area (Å²) in [4.78, 5) is 26.0. The molecular weight excluding hydrogens is 332 g/mol. The number of carbonyl (C=O) groups is 2. The van der Waals surface area contributed by atoms with Gasteiger partial charge in [0.15, 0.2) is 0 Å². The molecule has 2 N–H and O–H groups in total. The third-order valence-corrected chi connectivity index (χ3v) is 4.89. The average Bonchev–Trinajstić information content (AvgIpc) is 3.15. The zero-order valence-electron chi connectivity index (χ0n) is 13.5. The van der Waals surface area contributed by atoms with E-state index < -0.39 is 5.54 Å². The number of hydrogen-bond donors (Lipinski definition) is 2. The predicted molar refractivity (Wildman–Crippen MR) is 91.7 cm³/mol. The van der Waals surface area contributed by atoms with Gasteiger partial charge in [0.1, 0.15) is 5.54 Å². The molecule has 0 saturated carbocycles. The van der Waals surface area contributed by atoms with Gasteiger partial charge in [-0.15, -0.1) is 16.4 Å². The molecular formula is C15H20N4O2S2. The van der Waals surface area contributed by atoms with Crippen molar-refractivity contribution >= 4 is 34.7 Å². The number of nitrogens with one attached hydrogen (secondary N) is 2. The topological polar surface area (TPSA) is 84.0 Å². The quantitative estimate of drug-likeness (QED) is 0.837. The van der Waals surface area contributed by atoms with E-state index in [9.17, 15) is 9.59 Å². The van der Waals surface area contributed by atoms with Gasteiger partial charge in [-0.25, -0.2) is 0 Å². The predicted octanol–water partition coefficient (Wildman–Crippen LogP) is 2.55. The fourth-order valence-electron chi connectivity index (χ4n) is 1.97. The molecule has 0 aromatic carbocycles. The highest BCUT2D eigenvalue weighted by molar-refractivity contribution is 7.12. The fourth-order valence-corrected chi connectivity index (χ4v) is 3.32. The Hall–Kier alpha value is -1.80. The number of amides is 2. The van der Waals surface area contributed by atoms with Crippen molar-refractivity contribution in [3.63, 3.8) is 0 Å². The first kappa shape index (κ1) is 17.6. The van der Waals surface area contributed by atoms with Crippen molar-refractivity contribution in [3.8, 4) is 0 Å². The Morgan fingerprint density at radius 3 is 2.70 bits per heavy atom. The summed E-state index contributed by atoms with van der Waals surface area (Å²) in [6.07, 6.45) is 0. The molecule has 23 heavy (non-hydrogen) atoms. The summed E-state index contributed by atoms with van der Waals surface area (Å²) in [5.74, 6) is -0.236. The van der Waals surface area contributed by atoms with E-state index in [0.717, 1.165) is 10.6 Å². The molecule has 124 valence electrons. The number of rotatable bonds is 6. The Labute approximate surface area is 143 Å². The van der Waals surface area contributed by atoms with Crippen molar-refractivity contribution in [2.24, 2.45) is 0 Å².